The molecule has 0 amide bonds. The van der Waals surface area contributed by atoms with Crippen molar-refractivity contribution < 1.29 is 13.2 Å². The van der Waals surface area contributed by atoms with Gasteiger partial charge in [-0.25, -0.2) is 8.42 Å². The number of hydrogen-bond acceptors (Lipinski definition) is 6. The van der Waals surface area contributed by atoms with Crippen LogP contribution in [0.1, 0.15) is 19.4 Å². The highest BCUT2D eigenvalue weighted by Crippen LogP contribution is 2.42. The zero-order chi connectivity index (χ0) is 23.9. The van der Waals surface area contributed by atoms with Crippen molar-refractivity contribution in [3.05, 3.63) is 66.4 Å². The molecule has 2 aliphatic heterocycles. The molecule has 2 aromatic carbocycles. The number of benzene rings is 2. The molecule has 34 heavy (non-hydrogen) atoms. The van der Waals surface area contributed by atoms with Crippen molar-refractivity contribution in [1.29, 1.82) is 0 Å². The van der Waals surface area contributed by atoms with Gasteiger partial charge < -0.3 is 15.0 Å². The van der Waals surface area contributed by atoms with Gasteiger partial charge in [-0.15, -0.1) is 0 Å². The van der Waals surface area contributed by atoms with Crippen LogP contribution in [0.15, 0.2) is 65.7 Å². The maximum absolute atomic E-state index is 13.8. The van der Waals surface area contributed by atoms with Gasteiger partial charge in [0.1, 0.15) is 5.75 Å². The summed E-state index contributed by atoms with van der Waals surface area (Å²) in [4.78, 5) is 6.92. The van der Waals surface area contributed by atoms with Crippen LogP contribution in [0.3, 0.4) is 0 Å². The summed E-state index contributed by atoms with van der Waals surface area (Å²) < 4.78 is 34.8. The fourth-order valence-corrected chi connectivity index (χ4v) is 6.58. The molecule has 178 valence electrons. The zero-order valence-corrected chi connectivity index (χ0v) is 20.5. The van der Waals surface area contributed by atoms with E-state index < -0.39 is 10.0 Å². The maximum atomic E-state index is 13.8. The molecule has 0 spiro atoms. The van der Waals surface area contributed by atoms with Crippen molar-refractivity contribution >= 4 is 21.4 Å². The minimum absolute atomic E-state index is 0.269. The van der Waals surface area contributed by atoms with Gasteiger partial charge in [0.05, 0.1) is 29.1 Å². The second kappa shape index (κ2) is 8.92. The molecule has 2 atom stereocenters. The van der Waals surface area contributed by atoms with E-state index in [2.05, 4.69) is 29.0 Å². The van der Waals surface area contributed by atoms with Crippen LogP contribution in [-0.4, -0.2) is 52.2 Å². The van der Waals surface area contributed by atoms with Crippen LogP contribution >= 0.6 is 0 Å². The number of ether oxygens (including phenoxy) is 1. The fourth-order valence-electron chi connectivity index (χ4n) is 5.03. The second-order valence-corrected chi connectivity index (χ2v) is 11.0. The van der Waals surface area contributed by atoms with E-state index in [-0.39, 0.29) is 4.90 Å². The van der Waals surface area contributed by atoms with E-state index in [1.807, 2.05) is 36.4 Å². The lowest BCUT2D eigenvalue weighted by Gasteiger charge is -2.38. The van der Waals surface area contributed by atoms with Crippen molar-refractivity contribution in [1.82, 2.24) is 10.3 Å². The number of pyridine rings is 1. The van der Waals surface area contributed by atoms with Crippen LogP contribution in [0, 0.1) is 0 Å². The molecule has 8 heteroatoms. The molecule has 0 unspecified atom stereocenters. The van der Waals surface area contributed by atoms with E-state index in [0.717, 1.165) is 47.0 Å². The van der Waals surface area contributed by atoms with Gasteiger partial charge in [0.15, 0.2) is 0 Å². The molecule has 2 aliphatic rings. The van der Waals surface area contributed by atoms with Crippen LogP contribution < -0.4 is 19.3 Å². The topological polar surface area (TPSA) is 74.8 Å². The average molecular weight is 479 g/mol. The molecule has 0 bridgehead atoms. The quantitative estimate of drug-likeness (QED) is 0.603. The van der Waals surface area contributed by atoms with Gasteiger partial charge in [-0.2, -0.15) is 0 Å². The van der Waals surface area contributed by atoms with Crippen molar-refractivity contribution in [2.24, 2.45) is 0 Å². The molecule has 3 aromatic rings. The van der Waals surface area contributed by atoms with E-state index in [1.54, 1.807) is 31.5 Å². The molecule has 1 aromatic heterocycles. The first kappa shape index (κ1) is 22.7. The summed E-state index contributed by atoms with van der Waals surface area (Å²) in [6.45, 7) is 6.39. The van der Waals surface area contributed by atoms with Crippen LogP contribution in [0.2, 0.25) is 0 Å². The molecular weight excluding hydrogens is 448 g/mol. The molecule has 7 nitrogen and oxygen atoms in total. The molecule has 0 radical (unpaired) electrons. The Labute approximate surface area is 201 Å². The molecule has 1 N–H and O–H groups in total. The zero-order valence-electron chi connectivity index (χ0n) is 19.7. The number of anilines is 2. The first-order valence-corrected chi connectivity index (χ1v) is 13.1. The Morgan fingerprint density at radius 3 is 2.50 bits per heavy atom. The van der Waals surface area contributed by atoms with Gasteiger partial charge in [0.2, 0.25) is 0 Å². The molecule has 0 aliphatic carbocycles. The van der Waals surface area contributed by atoms with Crippen LogP contribution in [0.4, 0.5) is 11.4 Å². The van der Waals surface area contributed by atoms with Crippen molar-refractivity contribution in [2.45, 2.75) is 37.2 Å². The van der Waals surface area contributed by atoms with E-state index in [4.69, 9.17) is 4.74 Å². The summed E-state index contributed by atoms with van der Waals surface area (Å²) >= 11 is 0. The third-order valence-corrected chi connectivity index (χ3v) is 8.32. The maximum Gasteiger partial charge on any atom is 0.264 e. The fraction of sp³-hybridized carbons (Fsp3) is 0.346. The monoisotopic (exact) mass is 478 g/mol. The Morgan fingerprint density at radius 1 is 1.00 bits per heavy atom. The van der Waals surface area contributed by atoms with Gasteiger partial charge in [-0.1, -0.05) is 18.2 Å². The summed E-state index contributed by atoms with van der Waals surface area (Å²) in [5.41, 5.74) is 4.18. The van der Waals surface area contributed by atoms with E-state index in [9.17, 15) is 8.42 Å². The van der Waals surface area contributed by atoms with Crippen LogP contribution in [0.25, 0.3) is 11.3 Å². The highest BCUT2D eigenvalue weighted by atomic mass is 32.2. The van der Waals surface area contributed by atoms with Crippen molar-refractivity contribution in [3.63, 3.8) is 0 Å². The molecular formula is C26H30N4O3S. The lowest BCUT2D eigenvalue weighted by molar-refractivity contribution is 0.391. The second-order valence-electron chi connectivity index (χ2n) is 9.10. The summed E-state index contributed by atoms with van der Waals surface area (Å²) in [6.07, 6.45) is 2.36. The minimum Gasteiger partial charge on any atom is -0.495 e. The average Bonchev–Trinajstić information content (AvgIpc) is 3.27. The third-order valence-electron chi connectivity index (χ3n) is 6.51. The van der Waals surface area contributed by atoms with Gasteiger partial charge in [0.25, 0.3) is 10.0 Å². The molecule has 1 saturated heterocycles. The Bertz CT molecular complexity index is 1290. The Balaban J connectivity index is 1.53. The normalized spacial score (nSPS) is 20.3. The lowest BCUT2D eigenvalue weighted by atomic mass is 10.1. The predicted octanol–water partition coefficient (Wildman–Crippen LogP) is 3.70. The van der Waals surface area contributed by atoms with Crippen LogP contribution in [-0.2, 0) is 16.4 Å². The Hall–Kier alpha value is -3.10. The third kappa shape index (κ3) is 4.12. The largest absolute Gasteiger partial charge is 0.495 e. The summed E-state index contributed by atoms with van der Waals surface area (Å²) in [7, 11) is -2.06. The number of hydrogen-bond donors (Lipinski definition) is 1. The van der Waals surface area contributed by atoms with Gasteiger partial charge in [-0.3, -0.25) is 9.29 Å². The van der Waals surface area contributed by atoms with E-state index >= 15 is 0 Å². The molecule has 0 saturated carbocycles. The number of nitrogens with zero attached hydrogens (tertiary/aromatic N) is 3. The summed E-state index contributed by atoms with van der Waals surface area (Å²) in [5, 5.41) is 3.55. The minimum atomic E-state index is -3.74. The summed E-state index contributed by atoms with van der Waals surface area (Å²) in [5.74, 6) is 0.788. The number of nitrogens with one attached hydrogen (secondary N) is 1. The number of aromatic nitrogens is 1. The summed E-state index contributed by atoms with van der Waals surface area (Å²) in [6, 6.07) is 17.3. The highest BCUT2D eigenvalue weighted by Gasteiger charge is 2.34. The standard InChI is InChI=1S/C26H30N4O3S/c1-18-16-29(17-19(2)28-18)25-15-24-21(14-26(25)33-3)10-12-30(24)34(31,32)22-8-6-7-20(13-22)23-9-4-5-11-27-23/h4-9,11,13-15,18-19,28H,10,12,16-17H2,1-3H3/t18-,19+. The smallest absolute Gasteiger partial charge is 0.264 e. The SMILES string of the molecule is COc1cc2c(cc1N1C[C@@H](C)N[C@@H](C)C1)N(S(=O)(=O)c1cccc(-c3ccccn3)c1)CC2. The van der Waals surface area contributed by atoms with Crippen LogP contribution in [0.5, 0.6) is 5.75 Å². The number of sulfonamides is 1. The van der Waals surface area contributed by atoms with Crippen molar-refractivity contribution in [2.75, 3.05) is 35.9 Å². The number of methoxy groups -OCH3 is 1. The molecule has 3 heterocycles. The number of piperazine rings is 1. The Morgan fingerprint density at radius 2 is 1.79 bits per heavy atom. The van der Waals surface area contributed by atoms with E-state index in [0.29, 0.717) is 25.0 Å². The van der Waals surface area contributed by atoms with Gasteiger partial charge in [-0.05, 0) is 62.2 Å². The Kier molecular flexibility index (Phi) is 5.95. The lowest BCUT2D eigenvalue weighted by Crippen LogP contribution is -2.54. The number of rotatable bonds is 5. The predicted molar refractivity (Wildman–Crippen MR) is 135 cm³/mol. The van der Waals surface area contributed by atoms with Crippen molar-refractivity contribution in [3.8, 4) is 17.0 Å². The first-order chi connectivity index (χ1) is 16.4. The first-order valence-electron chi connectivity index (χ1n) is 11.6. The van der Waals surface area contributed by atoms with Gasteiger partial charge >= 0.3 is 0 Å². The van der Waals surface area contributed by atoms with Gasteiger partial charge in [0, 0.05) is 43.5 Å². The molecule has 1 fully saturated rings. The molecule has 5 rings (SSSR count). The highest BCUT2D eigenvalue weighted by molar-refractivity contribution is 7.92. The van der Waals surface area contributed by atoms with E-state index in [1.165, 1.54) is 4.31 Å². The number of fused-ring (bicyclic) bond motifs is 1.